The topological polar surface area (TPSA) is 70.5 Å². The lowest BCUT2D eigenvalue weighted by Gasteiger charge is -2.19. The Hall–Kier alpha value is -2.69. The van der Waals surface area contributed by atoms with Crippen LogP contribution in [-0.4, -0.2) is 29.0 Å². The van der Waals surface area contributed by atoms with Crippen molar-refractivity contribution in [3.63, 3.8) is 0 Å². The molecule has 0 atom stereocenters. The van der Waals surface area contributed by atoms with Crippen molar-refractivity contribution in [2.45, 2.75) is 6.92 Å². The molecule has 1 aromatic carbocycles. The van der Waals surface area contributed by atoms with Crippen LogP contribution in [0, 0.1) is 6.92 Å². The van der Waals surface area contributed by atoms with Gasteiger partial charge in [-0.1, -0.05) is 18.2 Å². The van der Waals surface area contributed by atoms with Crippen LogP contribution in [0.25, 0.3) is 0 Å². The molecule has 5 nitrogen and oxygen atoms in total. The highest BCUT2D eigenvalue weighted by atomic mass is 16.4. The molecule has 0 aliphatic heterocycles. The van der Waals surface area contributed by atoms with Crippen LogP contribution in [0.5, 0.6) is 0 Å². The Morgan fingerprint density at radius 2 is 1.80 bits per heavy atom. The van der Waals surface area contributed by atoms with Crippen molar-refractivity contribution in [2.24, 2.45) is 0 Å². The lowest BCUT2D eigenvalue weighted by atomic mass is 10.1. The number of carboxylic acids is 1. The van der Waals surface area contributed by atoms with Crippen molar-refractivity contribution in [1.29, 1.82) is 0 Å². The number of aryl methyl sites for hydroxylation is 1. The third-order valence-corrected chi connectivity index (χ3v) is 2.91. The molecule has 0 radical (unpaired) electrons. The second kappa shape index (κ2) is 5.52. The lowest BCUT2D eigenvalue weighted by Crippen LogP contribution is -2.28. The van der Waals surface area contributed by atoms with E-state index in [4.69, 9.17) is 5.11 Å². The Morgan fingerprint density at radius 1 is 1.10 bits per heavy atom. The summed E-state index contributed by atoms with van der Waals surface area (Å²) in [6, 6.07) is 11.5. The number of para-hydroxylation sites is 1. The first-order valence-electron chi connectivity index (χ1n) is 6.04. The van der Waals surface area contributed by atoms with Crippen LogP contribution < -0.4 is 4.90 Å². The quantitative estimate of drug-likeness (QED) is 0.929. The van der Waals surface area contributed by atoms with Gasteiger partial charge in [0.05, 0.1) is 11.3 Å². The third-order valence-electron chi connectivity index (χ3n) is 2.91. The number of nitrogens with zero attached hydrogens (tertiary/aromatic N) is 2. The minimum atomic E-state index is -1.07. The summed E-state index contributed by atoms with van der Waals surface area (Å²) < 4.78 is 0. The molecular weight excluding hydrogens is 256 g/mol. The molecule has 1 heterocycles. The molecule has 0 unspecified atom stereocenters. The number of carbonyl (C=O) groups excluding carboxylic acids is 1. The Labute approximate surface area is 116 Å². The SMILES string of the molecule is Cc1cccc(C(=O)N(C)c2ccccc2C(=O)O)n1. The Balaban J connectivity index is 2.39. The number of carbonyl (C=O) groups is 2. The molecular formula is C15H14N2O3. The predicted octanol–water partition coefficient (Wildman–Crippen LogP) is 2.36. The lowest BCUT2D eigenvalue weighted by molar-refractivity contribution is 0.0697. The molecule has 1 amide bonds. The van der Waals surface area contributed by atoms with E-state index in [1.165, 1.54) is 18.0 Å². The van der Waals surface area contributed by atoms with Crippen molar-refractivity contribution < 1.29 is 14.7 Å². The summed E-state index contributed by atoms with van der Waals surface area (Å²) in [6.07, 6.45) is 0. The average molecular weight is 270 g/mol. The van der Waals surface area contributed by atoms with E-state index >= 15 is 0 Å². The number of hydrogen-bond acceptors (Lipinski definition) is 3. The van der Waals surface area contributed by atoms with Gasteiger partial charge in [0.15, 0.2) is 0 Å². The van der Waals surface area contributed by atoms with E-state index in [1.807, 2.05) is 0 Å². The molecule has 0 bridgehead atoms. The molecule has 2 rings (SSSR count). The smallest absolute Gasteiger partial charge is 0.337 e. The molecule has 0 aliphatic rings. The van der Waals surface area contributed by atoms with Gasteiger partial charge in [-0.15, -0.1) is 0 Å². The zero-order chi connectivity index (χ0) is 14.7. The molecule has 20 heavy (non-hydrogen) atoms. The normalized spacial score (nSPS) is 10.1. The van der Waals surface area contributed by atoms with Gasteiger partial charge < -0.3 is 10.0 Å². The third kappa shape index (κ3) is 2.66. The van der Waals surface area contributed by atoms with Crippen LogP contribution >= 0.6 is 0 Å². The molecule has 5 heteroatoms. The van der Waals surface area contributed by atoms with E-state index in [-0.39, 0.29) is 17.2 Å². The van der Waals surface area contributed by atoms with Gasteiger partial charge >= 0.3 is 5.97 Å². The summed E-state index contributed by atoms with van der Waals surface area (Å²) in [7, 11) is 1.54. The monoisotopic (exact) mass is 270 g/mol. The second-order valence-corrected chi connectivity index (χ2v) is 4.35. The Kier molecular flexibility index (Phi) is 3.79. The second-order valence-electron chi connectivity index (χ2n) is 4.35. The van der Waals surface area contributed by atoms with Gasteiger partial charge in [-0.25, -0.2) is 9.78 Å². The minimum absolute atomic E-state index is 0.0796. The maximum absolute atomic E-state index is 12.3. The first kappa shape index (κ1) is 13.7. The van der Waals surface area contributed by atoms with Crippen molar-refractivity contribution in [2.75, 3.05) is 11.9 Å². The average Bonchev–Trinajstić information content (AvgIpc) is 2.45. The number of hydrogen-bond donors (Lipinski definition) is 1. The molecule has 0 fully saturated rings. The number of rotatable bonds is 3. The van der Waals surface area contributed by atoms with Gasteiger partial charge in [0.1, 0.15) is 5.69 Å². The van der Waals surface area contributed by atoms with Crippen LogP contribution in [0.15, 0.2) is 42.5 Å². The highest BCUT2D eigenvalue weighted by Crippen LogP contribution is 2.20. The first-order valence-corrected chi connectivity index (χ1v) is 6.04. The van der Waals surface area contributed by atoms with Crippen LogP contribution in [0.4, 0.5) is 5.69 Å². The van der Waals surface area contributed by atoms with Crippen molar-refractivity contribution in [1.82, 2.24) is 4.98 Å². The number of amides is 1. The minimum Gasteiger partial charge on any atom is -0.478 e. The Morgan fingerprint density at radius 3 is 2.45 bits per heavy atom. The zero-order valence-corrected chi connectivity index (χ0v) is 11.2. The zero-order valence-electron chi connectivity index (χ0n) is 11.2. The van der Waals surface area contributed by atoms with Gasteiger partial charge in [0.2, 0.25) is 0 Å². The van der Waals surface area contributed by atoms with E-state index in [1.54, 1.807) is 43.3 Å². The molecule has 0 saturated heterocycles. The fourth-order valence-electron chi connectivity index (χ4n) is 1.89. The molecule has 102 valence electrons. The van der Waals surface area contributed by atoms with Gasteiger partial charge in [-0.2, -0.15) is 0 Å². The number of anilines is 1. The van der Waals surface area contributed by atoms with Gasteiger partial charge in [-0.3, -0.25) is 4.79 Å². The molecule has 0 aliphatic carbocycles. The predicted molar refractivity (Wildman–Crippen MR) is 75.1 cm³/mol. The van der Waals surface area contributed by atoms with E-state index in [0.29, 0.717) is 5.69 Å². The highest BCUT2D eigenvalue weighted by molar-refractivity contribution is 6.08. The summed E-state index contributed by atoms with van der Waals surface area (Å²) in [5, 5.41) is 9.16. The van der Waals surface area contributed by atoms with Crippen molar-refractivity contribution >= 4 is 17.6 Å². The van der Waals surface area contributed by atoms with Crippen molar-refractivity contribution in [3.8, 4) is 0 Å². The number of benzene rings is 1. The van der Waals surface area contributed by atoms with E-state index in [2.05, 4.69) is 4.98 Å². The highest BCUT2D eigenvalue weighted by Gasteiger charge is 2.19. The summed E-state index contributed by atoms with van der Waals surface area (Å²) in [6.45, 7) is 1.79. The number of carboxylic acid groups (broad SMARTS) is 1. The fourth-order valence-corrected chi connectivity index (χ4v) is 1.89. The molecule has 2 aromatic rings. The van der Waals surface area contributed by atoms with E-state index < -0.39 is 5.97 Å². The molecule has 1 aromatic heterocycles. The number of aromatic carboxylic acids is 1. The van der Waals surface area contributed by atoms with Crippen LogP contribution in [0.2, 0.25) is 0 Å². The summed E-state index contributed by atoms with van der Waals surface area (Å²) in [5.41, 5.74) is 1.44. The maximum Gasteiger partial charge on any atom is 0.337 e. The van der Waals surface area contributed by atoms with Crippen LogP contribution in [0.1, 0.15) is 26.5 Å². The fraction of sp³-hybridized carbons (Fsp3) is 0.133. The molecule has 0 spiro atoms. The summed E-state index contributed by atoms with van der Waals surface area (Å²) >= 11 is 0. The molecule has 0 saturated carbocycles. The molecule has 1 N–H and O–H groups in total. The van der Waals surface area contributed by atoms with Gasteiger partial charge in [0.25, 0.3) is 5.91 Å². The van der Waals surface area contributed by atoms with Gasteiger partial charge in [-0.05, 0) is 31.2 Å². The first-order chi connectivity index (χ1) is 9.50. The summed E-state index contributed by atoms with van der Waals surface area (Å²) in [4.78, 5) is 29.0. The van der Waals surface area contributed by atoms with E-state index in [0.717, 1.165) is 5.69 Å². The van der Waals surface area contributed by atoms with Crippen molar-refractivity contribution in [3.05, 3.63) is 59.4 Å². The Bertz CT molecular complexity index is 668. The van der Waals surface area contributed by atoms with E-state index in [9.17, 15) is 9.59 Å². The van der Waals surface area contributed by atoms with Crippen LogP contribution in [0.3, 0.4) is 0 Å². The maximum atomic E-state index is 12.3. The van der Waals surface area contributed by atoms with Gasteiger partial charge in [0, 0.05) is 12.7 Å². The number of pyridine rings is 1. The van der Waals surface area contributed by atoms with Crippen LogP contribution in [-0.2, 0) is 0 Å². The summed E-state index contributed by atoms with van der Waals surface area (Å²) in [5.74, 6) is -1.42. The number of aromatic nitrogens is 1. The standard InChI is InChI=1S/C15H14N2O3/c1-10-6-5-8-12(16-10)14(18)17(2)13-9-4-3-7-11(13)15(19)20/h3-9H,1-2H3,(H,19,20). The largest absolute Gasteiger partial charge is 0.478 e.